The lowest BCUT2D eigenvalue weighted by atomic mass is 9.85. The van der Waals surface area contributed by atoms with Crippen molar-refractivity contribution in [2.24, 2.45) is 0 Å². The molecule has 0 aliphatic carbocycles. The third-order valence-electron chi connectivity index (χ3n) is 3.99. The molecule has 4 N–H and O–H groups in total. The summed E-state index contributed by atoms with van der Waals surface area (Å²) in [7, 11) is 0. The quantitative estimate of drug-likeness (QED) is 0.615. The van der Waals surface area contributed by atoms with Gasteiger partial charge in [0.15, 0.2) is 0 Å². The summed E-state index contributed by atoms with van der Waals surface area (Å²) >= 11 is 0. The predicted molar refractivity (Wildman–Crippen MR) is 88.2 cm³/mol. The number of hydrogen-bond acceptors (Lipinski definition) is 4. The zero-order chi connectivity index (χ0) is 19.6. The molecule has 8 nitrogen and oxygen atoms in total. The molecule has 0 saturated heterocycles. The fourth-order valence-corrected chi connectivity index (χ4v) is 2.67. The summed E-state index contributed by atoms with van der Waals surface area (Å²) < 4.78 is 0. The molecule has 0 aromatic heterocycles. The Labute approximate surface area is 147 Å². The first-order chi connectivity index (χ1) is 12.1. The monoisotopic (exact) mass is 358 g/mol. The largest absolute Gasteiger partial charge is 0.478 e. The Morgan fingerprint density at radius 1 is 0.654 bits per heavy atom. The molecule has 0 unspecified atom stereocenters. The van der Waals surface area contributed by atoms with E-state index in [1.54, 1.807) is 6.92 Å². The van der Waals surface area contributed by atoms with Crippen LogP contribution in [0.25, 0.3) is 0 Å². The molecule has 2 aromatic rings. The normalized spacial score (nSPS) is 10.5. The molecule has 0 amide bonds. The van der Waals surface area contributed by atoms with E-state index >= 15 is 0 Å². The lowest BCUT2D eigenvalue weighted by molar-refractivity contribution is 0.0676. The molecule has 0 aliphatic rings. The molecule has 2 rings (SSSR count). The molecule has 0 heterocycles. The average Bonchev–Trinajstić information content (AvgIpc) is 2.59. The first-order valence-electron chi connectivity index (χ1n) is 7.34. The molecular weight excluding hydrogens is 344 g/mol. The van der Waals surface area contributed by atoms with Crippen molar-refractivity contribution >= 4 is 23.9 Å². The summed E-state index contributed by atoms with van der Waals surface area (Å²) in [5.41, 5.74) is -0.524. The highest BCUT2D eigenvalue weighted by molar-refractivity contribution is 5.97. The summed E-state index contributed by atoms with van der Waals surface area (Å²) in [5.74, 6) is -6.01. The zero-order valence-corrected chi connectivity index (χ0v) is 13.5. The van der Waals surface area contributed by atoms with E-state index < -0.39 is 29.8 Å². The number of aromatic carboxylic acids is 4. The van der Waals surface area contributed by atoms with Crippen LogP contribution in [0.15, 0.2) is 36.4 Å². The molecule has 0 atom stereocenters. The number of hydrogen-bond donors (Lipinski definition) is 4. The second-order valence-corrected chi connectivity index (χ2v) is 5.55. The second kappa shape index (κ2) is 7.06. The van der Waals surface area contributed by atoms with Crippen LogP contribution in [0.2, 0.25) is 0 Å². The van der Waals surface area contributed by atoms with Gasteiger partial charge in [-0.05, 0) is 35.4 Å². The lowest BCUT2D eigenvalue weighted by Crippen LogP contribution is -2.13. The van der Waals surface area contributed by atoms with E-state index in [2.05, 4.69) is 0 Å². The minimum Gasteiger partial charge on any atom is -0.478 e. The Bertz CT molecular complexity index is 853. The summed E-state index contributed by atoms with van der Waals surface area (Å²) in [6.45, 7) is 1.56. The van der Waals surface area contributed by atoms with Crippen LogP contribution < -0.4 is 0 Å². The van der Waals surface area contributed by atoms with Crippen molar-refractivity contribution in [1.82, 2.24) is 0 Å². The highest BCUT2D eigenvalue weighted by atomic mass is 16.4. The molecular formula is C18H14O8. The van der Waals surface area contributed by atoms with E-state index in [4.69, 9.17) is 10.2 Å². The van der Waals surface area contributed by atoms with Crippen molar-refractivity contribution in [2.45, 2.75) is 12.8 Å². The van der Waals surface area contributed by atoms with Gasteiger partial charge in [0.1, 0.15) is 0 Å². The van der Waals surface area contributed by atoms with Crippen molar-refractivity contribution < 1.29 is 39.6 Å². The Kier molecular flexibility index (Phi) is 5.06. The average molecular weight is 358 g/mol. The fourth-order valence-electron chi connectivity index (χ4n) is 2.67. The van der Waals surface area contributed by atoms with Gasteiger partial charge in [-0.25, -0.2) is 19.2 Å². The van der Waals surface area contributed by atoms with Gasteiger partial charge in [-0.3, -0.25) is 0 Å². The van der Waals surface area contributed by atoms with Gasteiger partial charge in [0.2, 0.25) is 0 Å². The van der Waals surface area contributed by atoms with Gasteiger partial charge in [-0.1, -0.05) is 19.1 Å². The van der Waals surface area contributed by atoms with Crippen molar-refractivity contribution in [3.63, 3.8) is 0 Å². The Balaban J connectivity index is 2.64. The van der Waals surface area contributed by atoms with Gasteiger partial charge in [0, 0.05) is 5.92 Å². The summed E-state index contributed by atoms with van der Waals surface area (Å²) in [4.78, 5) is 45.1. The van der Waals surface area contributed by atoms with Crippen LogP contribution in [0.5, 0.6) is 0 Å². The van der Waals surface area contributed by atoms with E-state index in [1.165, 1.54) is 24.3 Å². The molecule has 26 heavy (non-hydrogen) atoms. The van der Waals surface area contributed by atoms with Gasteiger partial charge in [0.05, 0.1) is 22.3 Å². The molecule has 0 saturated carbocycles. The SMILES string of the molecule is CC(c1ccc(C(=O)O)cc1C(=O)O)c1ccc(C(=O)O)cc1C(=O)O. The molecule has 2 aromatic carbocycles. The fraction of sp³-hybridized carbons (Fsp3) is 0.111. The van der Waals surface area contributed by atoms with Crippen LogP contribution in [0.1, 0.15) is 65.4 Å². The topological polar surface area (TPSA) is 149 Å². The number of carboxylic acids is 4. The van der Waals surface area contributed by atoms with Crippen molar-refractivity contribution in [3.05, 3.63) is 69.8 Å². The van der Waals surface area contributed by atoms with Gasteiger partial charge >= 0.3 is 23.9 Å². The van der Waals surface area contributed by atoms with Crippen LogP contribution in [-0.2, 0) is 0 Å². The molecule has 0 radical (unpaired) electrons. The van der Waals surface area contributed by atoms with Crippen LogP contribution in [0.3, 0.4) is 0 Å². The standard InChI is InChI=1S/C18H14O8/c1-8(11-4-2-9(15(19)20)6-13(11)17(23)24)12-5-3-10(16(21)22)7-14(12)18(25)26/h2-8H,1H3,(H,19,20)(H,21,22)(H,23,24)(H,25,26). The highest BCUT2D eigenvalue weighted by Crippen LogP contribution is 2.31. The smallest absolute Gasteiger partial charge is 0.336 e. The van der Waals surface area contributed by atoms with E-state index in [0.29, 0.717) is 0 Å². The second-order valence-electron chi connectivity index (χ2n) is 5.55. The minimum atomic E-state index is -1.35. The Hall–Kier alpha value is -3.68. The Morgan fingerprint density at radius 3 is 1.27 bits per heavy atom. The lowest BCUT2D eigenvalue weighted by Gasteiger charge is -2.18. The predicted octanol–water partition coefficient (Wildman–Crippen LogP) is 2.63. The molecule has 0 bridgehead atoms. The van der Waals surface area contributed by atoms with Crippen molar-refractivity contribution in [1.29, 1.82) is 0 Å². The van der Waals surface area contributed by atoms with Gasteiger partial charge in [-0.15, -0.1) is 0 Å². The third-order valence-corrected chi connectivity index (χ3v) is 3.99. The number of carbonyl (C=O) groups is 4. The maximum atomic E-state index is 11.5. The minimum absolute atomic E-state index is 0.210. The first-order valence-corrected chi connectivity index (χ1v) is 7.34. The summed E-state index contributed by atoms with van der Waals surface area (Å²) in [6.07, 6.45) is 0. The van der Waals surface area contributed by atoms with E-state index in [9.17, 15) is 29.4 Å². The third kappa shape index (κ3) is 3.54. The van der Waals surface area contributed by atoms with Crippen LogP contribution in [0.4, 0.5) is 0 Å². The van der Waals surface area contributed by atoms with Crippen LogP contribution in [-0.4, -0.2) is 44.3 Å². The molecule has 0 fully saturated rings. The summed E-state index contributed by atoms with van der Waals surface area (Å²) in [6, 6.07) is 7.09. The first kappa shape index (κ1) is 18.7. The van der Waals surface area contributed by atoms with Crippen LogP contribution >= 0.6 is 0 Å². The molecule has 0 spiro atoms. The van der Waals surface area contributed by atoms with Crippen LogP contribution in [0, 0.1) is 0 Å². The molecule has 0 aliphatic heterocycles. The van der Waals surface area contributed by atoms with Crippen molar-refractivity contribution in [3.8, 4) is 0 Å². The number of benzene rings is 2. The van der Waals surface area contributed by atoms with Gasteiger partial charge in [-0.2, -0.15) is 0 Å². The summed E-state index contributed by atoms with van der Waals surface area (Å²) in [5, 5.41) is 36.8. The van der Waals surface area contributed by atoms with E-state index in [0.717, 1.165) is 12.1 Å². The molecule has 134 valence electrons. The number of rotatable bonds is 6. The molecule has 8 heteroatoms. The highest BCUT2D eigenvalue weighted by Gasteiger charge is 2.23. The Morgan fingerprint density at radius 2 is 1.00 bits per heavy atom. The van der Waals surface area contributed by atoms with Crippen molar-refractivity contribution in [2.75, 3.05) is 0 Å². The zero-order valence-electron chi connectivity index (χ0n) is 13.5. The maximum absolute atomic E-state index is 11.5. The maximum Gasteiger partial charge on any atom is 0.336 e. The van der Waals surface area contributed by atoms with Gasteiger partial charge in [0.25, 0.3) is 0 Å². The van der Waals surface area contributed by atoms with Gasteiger partial charge < -0.3 is 20.4 Å². The van der Waals surface area contributed by atoms with E-state index in [-0.39, 0.29) is 33.4 Å². The van der Waals surface area contributed by atoms with E-state index in [1.807, 2.05) is 0 Å². The number of carboxylic acid groups (broad SMARTS) is 4.